The van der Waals surface area contributed by atoms with E-state index in [0.29, 0.717) is 6.04 Å². The molecule has 11 heavy (non-hydrogen) atoms. The molecular weight excluding hydrogens is 140 g/mol. The first kappa shape index (κ1) is 10.9. The van der Waals surface area contributed by atoms with Crippen molar-refractivity contribution in [3.63, 3.8) is 0 Å². The number of hydrogen-bond donors (Lipinski definition) is 2. The Morgan fingerprint density at radius 2 is 2.00 bits per heavy atom. The van der Waals surface area contributed by atoms with Crippen LogP contribution in [0.4, 0.5) is 0 Å². The number of aliphatic hydroxyl groups is 1. The van der Waals surface area contributed by atoms with Gasteiger partial charge in [-0.1, -0.05) is 0 Å². The van der Waals surface area contributed by atoms with Crippen LogP contribution in [-0.4, -0.2) is 42.3 Å². The van der Waals surface area contributed by atoms with Crippen LogP contribution in [0.5, 0.6) is 0 Å². The van der Waals surface area contributed by atoms with E-state index in [0.717, 1.165) is 13.0 Å². The molecule has 3 N–H and O–H groups in total. The van der Waals surface area contributed by atoms with Gasteiger partial charge >= 0.3 is 0 Å². The molecule has 0 spiro atoms. The average molecular weight is 160 g/mol. The molecule has 3 nitrogen and oxygen atoms in total. The maximum absolute atomic E-state index is 8.64. The molecule has 0 saturated carbocycles. The molecule has 3 heteroatoms. The molecule has 1 atom stereocenters. The lowest BCUT2D eigenvalue weighted by Crippen LogP contribution is -2.33. The Morgan fingerprint density at radius 1 is 1.45 bits per heavy atom. The zero-order valence-electron chi connectivity index (χ0n) is 7.75. The zero-order chi connectivity index (χ0) is 8.85. The molecule has 0 radical (unpaired) electrons. The summed E-state index contributed by atoms with van der Waals surface area (Å²) in [4.78, 5) is 2.22. The van der Waals surface area contributed by atoms with Crippen LogP contribution in [-0.2, 0) is 0 Å². The third-order valence-electron chi connectivity index (χ3n) is 1.97. The van der Waals surface area contributed by atoms with E-state index in [1.54, 1.807) is 0 Å². The molecule has 0 fully saturated rings. The monoisotopic (exact) mass is 160 g/mol. The van der Waals surface area contributed by atoms with Crippen LogP contribution in [0.25, 0.3) is 0 Å². The minimum absolute atomic E-state index is 0.0591. The minimum atomic E-state index is -0.0591. The Morgan fingerprint density at radius 3 is 2.36 bits per heavy atom. The lowest BCUT2D eigenvalue weighted by Gasteiger charge is -2.22. The fourth-order valence-electron chi connectivity index (χ4n) is 0.719. The first-order valence-electron chi connectivity index (χ1n) is 4.14. The van der Waals surface area contributed by atoms with Crippen molar-refractivity contribution in [3.8, 4) is 0 Å². The van der Waals surface area contributed by atoms with Crippen LogP contribution in [0.1, 0.15) is 20.3 Å². The summed E-state index contributed by atoms with van der Waals surface area (Å²) in [5.74, 6) is 0. The second-order valence-electron chi connectivity index (χ2n) is 3.31. The molecule has 0 aliphatic heterocycles. The van der Waals surface area contributed by atoms with Gasteiger partial charge in [-0.25, -0.2) is 0 Å². The number of aliphatic hydroxyl groups excluding tert-OH is 1. The average Bonchev–Trinajstić information content (AvgIpc) is 1.99. The summed E-state index contributed by atoms with van der Waals surface area (Å²) in [6.45, 7) is 5.33. The van der Waals surface area contributed by atoms with Gasteiger partial charge in [-0.2, -0.15) is 0 Å². The first-order valence-corrected chi connectivity index (χ1v) is 4.14. The van der Waals surface area contributed by atoms with Gasteiger partial charge in [-0.3, -0.25) is 0 Å². The van der Waals surface area contributed by atoms with Crippen molar-refractivity contribution in [2.45, 2.75) is 32.4 Å². The molecule has 0 bridgehead atoms. The van der Waals surface area contributed by atoms with Gasteiger partial charge in [-0.15, -0.1) is 0 Å². The molecule has 0 aromatic heterocycles. The van der Waals surface area contributed by atoms with Crippen LogP contribution in [0.2, 0.25) is 0 Å². The maximum atomic E-state index is 8.64. The molecule has 0 rings (SSSR count). The van der Waals surface area contributed by atoms with Crippen LogP contribution in [0.15, 0.2) is 0 Å². The summed E-state index contributed by atoms with van der Waals surface area (Å²) in [5.41, 5.74) is 5.54. The zero-order valence-corrected chi connectivity index (χ0v) is 7.75. The van der Waals surface area contributed by atoms with Gasteiger partial charge in [0.25, 0.3) is 0 Å². The predicted molar refractivity (Wildman–Crippen MR) is 47.4 cm³/mol. The molecule has 0 aromatic rings. The first-order chi connectivity index (χ1) is 5.07. The topological polar surface area (TPSA) is 49.5 Å². The highest BCUT2D eigenvalue weighted by atomic mass is 16.3. The molecule has 0 aliphatic rings. The van der Waals surface area contributed by atoms with Crippen LogP contribution < -0.4 is 5.73 Å². The van der Waals surface area contributed by atoms with Gasteiger partial charge < -0.3 is 15.7 Å². The largest absolute Gasteiger partial charge is 0.395 e. The standard InChI is InChI=1S/C8H20N2O/c1-7(2)10(3)5-4-8(9)6-11/h7-8,11H,4-6,9H2,1-3H3. The van der Waals surface area contributed by atoms with Gasteiger partial charge in [0, 0.05) is 12.1 Å². The normalized spacial score (nSPS) is 14.5. The maximum Gasteiger partial charge on any atom is 0.0583 e. The highest BCUT2D eigenvalue weighted by Gasteiger charge is 2.05. The molecule has 0 aromatic carbocycles. The van der Waals surface area contributed by atoms with Gasteiger partial charge in [0.1, 0.15) is 0 Å². The van der Waals surface area contributed by atoms with Gasteiger partial charge in [-0.05, 0) is 33.9 Å². The van der Waals surface area contributed by atoms with E-state index < -0.39 is 0 Å². The molecule has 0 heterocycles. The molecular formula is C8H20N2O. The SMILES string of the molecule is CC(C)N(C)CCC(N)CO. The Kier molecular flexibility index (Phi) is 5.46. The van der Waals surface area contributed by atoms with Crippen molar-refractivity contribution in [1.29, 1.82) is 0 Å². The van der Waals surface area contributed by atoms with Crippen molar-refractivity contribution in [3.05, 3.63) is 0 Å². The quantitative estimate of drug-likeness (QED) is 0.597. The summed E-state index contributed by atoms with van der Waals surface area (Å²) in [7, 11) is 2.06. The number of nitrogens with two attached hydrogens (primary N) is 1. The Labute approximate surface area is 69.2 Å². The van der Waals surface area contributed by atoms with E-state index in [4.69, 9.17) is 10.8 Å². The summed E-state index contributed by atoms with van der Waals surface area (Å²) < 4.78 is 0. The lowest BCUT2D eigenvalue weighted by atomic mass is 10.2. The number of nitrogens with zero attached hydrogens (tertiary/aromatic N) is 1. The van der Waals surface area contributed by atoms with E-state index in [-0.39, 0.29) is 12.6 Å². The van der Waals surface area contributed by atoms with E-state index in [9.17, 15) is 0 Å². The third-order valence-corrected chi connectivity index (χ3v) is 1.97. The van der Waals surface area contributed by atoms with E-state index in [2.05, 4.69) is 25.8 Å². The predicted octanol–water partition coefficient (Wildman–Crippen LogP) is 0.0363. The smallest absolute Gasteiger partial charge is 0.0583 e. The lowest BCUT2D eigenvalue weighted by molar-refractivity contribution is 0.223. The van der Waals surface area contributed by atoms with Crippen molar-refractivity contribution in [2.75, 3.05) is 20.2 Å². The van der Waals surface area contributed by atoms with Crippen LogP contribution in [0, 0.1) is 0 Å². The molecule has 0 amide bonds. The molecule has 1 unspecified atom stereocenters. The van der Waals surface area contributed by atoms with Crippen LogP contribution in [0.3, 0.4) is 0 Å². The van der Waals surface area contributed by atoms with Gasteiger partial charge in [0.2, 0.25) is 0 Å². The second-order valence-corrected chi connectivity index (χ2v) is 3.31. The Hall–Kier alpha value is -0.120. The van der Waals surface area contributed by atoms with Gasteiger partial charge in [0.05, 0.1) is 6.61 Å². The van der Waals surface area contributed by atoms with E-state index in [1.165, 1.54) is 0 Å². The van der Waals surface area contributed by atoms with E-state index in [1.807, 2.05) is 0 Å². The molecule has 0 saturated heterocycles. The minimum Gasteiger partial charge on any atom is -0.395 e. The third kappa shape index (κ3) is 5.18. The fourth-order valence-corrected chi connectivity index (χ4v) is 0.719. The summed E-state index contributed by atoms with van der Waals surface area (Å²) in [6, 6.07) is 0.497. The van der Waals surface area contributed by atoms with Crippen molar-refractivity contribution >= 4 is 0 Å². The van der Waals surface area contributed by atoms with Crippen molar-refractivity contribution < 1.29 is 5.11 Å². The second kappa shape index (κ2) is 5.52. The number of hydrogen-bond acceptors (Lipinski definition) is 3. The van der Waals surface area contributed by atoms with E-state index >= 15 is 0 Å². The Bertz CT molecular complexity index is 96.1. The molecule has 0 aliphatic carbocycles. The van der Waals surface area contributed by atoms with Crippen LogP contribution >= 0.6 is 0 Å². The fraction of sp³-hybridized carbons (Fsp3) is 1.00. The van der Waals surface area contributed by atoms with Crippen molar-refractivity contribution in [2.24, 2.45) is 5.73 Å². The summed E-state index contributed by atoms with van der Waals surface area (Å²) in [5, 5.41) is 8.64. The highest BCUT2D eigenvalue weighted by Crippen LogP contribution is 1.96. The summed E-state index contributed by atoms with van der Waals surface area (Å²) in [6.07, 6.45) is 0.866. The Balaban J connectivity index is 3.37. The summed E-state index contributed by atoms with van der Waals surface area (Å²) >= 11 is 0. The van der Waals surface area contributed by atoms with Crippen molar-refractivity contribution in [1.82, 2.24) is 4.90 Å². The molecule has 68 valence electrons. The van der Waals surface area contributed by atoms with Gasteiger partial charge in [0.15, 0.2) is 0 Å². The highest BCUT2D eigenvalue weighted by molar-refractivity contribution is 4.63. The number of rotatable bonds is 5.